The van der Waals surface area contributed by atoms with Gasteiger partial charge in [-0.05, 0) is 43.0 Å². The van der Waals surface area contributed by atoms with Gasteiger partial charge in [-0.1, -0.05) is 17.2 Å². The Hall–Kier alpha value is -2.20. The lowest BCUT2D eigenvalue weighted by Crippen LogP contribution is -2.41. The predicted octanol–water partition coefficient (Wildman–Crippen LogP) is 2.68. The zero-order valence-electron chi connectivity index (χ0n) is 11.5. The first-order valence-electron chi connectivity index (χ1n) is 6.70. The number of nitrogens with zero attached hydrogens (tertiary/aromatic N) is 4. The zero-order valence-corrected chi connectivity index (χ0v) is 11.5. The van der Waals surface area contributed by atoms with Gasteiger partial charge in [-0.2, -0.15) is 0 Å². The molecule has 106 valence electrons. The van der Waals surface area contributed by atoms with Crippen molar-refractivity contribution in [3.63, 3.8) is 0 Å². The summed E-state index contributed by atoms with van der Waals surface area (Å²) < 4.78 is 5.50. The minimum Gasteiger partial charge on any atom is -0.484 e. The topological polar surface area (TPSA) is 78.3 Å². The van der Waals surface area contributed by atoms with Gasteiger partial charge in [-0.3, -0.25) is 4.79 Å². The zero-order chi connectivity index (χ0) is 14.4. The van der Waals surface area contributed by atoms with Crippen LogP contribution in [-0.2, 0) is 4.79 Å². The number of rotatable bonds is 4. The molecule has 1 saturated heterocycles. The van der Waals surface area contributed by atoms with Crippen molar-refractivity contribution in [2.24, 2.45) is 5.11 Å². The third-order valence-electron chi connectivity index (χ3n) is 3.38. The van der Waals surface area contributed by atoms with Crippen molar-refractivity contribution in [1.29, 1.82) is 0 Å². The molecule has 1 aromatic rings. The van der Waals surface area contributed by atoms with E-state index in [0.717, 1.165) is 18.4 Å². The maximum Gasteiger partial charge on any atom is 0.260 e. The van der Waals surface area contributed by atoms with Crippen molar-refractivity contribution < 1.29 is 9.53 Å². The minimum absolute atomic E-state index is 0.0155. The van der Waals surface area contributed by atoms with Crippen LogP contribution in [0.3, 0.4) is 0 Å². The molecule has 6 nitrogen and oxygen atoms in total. The van der Waals surface area contributed by atoms with E-state index in [2.05, 4.69) is 10.0 Å². The van der Waals surface area contributed by atoms with E-state index in [9.17, 15) is 4.79 Å². The summed E-state index contributed by atoms with van der Waals surface area (Å²) in [5.41, 5.74) is 9.49. The van der Waals surface area contributed by atoms with E-state index in [1.165, 1.54) is 0 Å². The fourth-order valence-electron chi connectivity index (χ4n) is 2.25. The van der Waals surface area contributed by atoms with Gasteiger partial charge in [0.15, 0.2) is 6.61 Å². The highest BCUT2D eigenvalue weighted by molar-refractivity contribution is 5.77. The molecule has 0 atom stereocenters. The van der Waals surface area contributed by atoms with Crippen LogP contribution in [0.5, 0.6) is 5.75 Å². The van der Waals surface area contributed by atoms with Gasteiger partial charge in [-0.25, -0.2) is 0 Å². The van der Waals surface area contributed by atoms with Gasteiger partial charge in [0, 0.05) is 24.0 Å². The van der Waals surface area contributed by atoms with Crippen LogP contribution < -0.4 is 4.74 Å². The number of carbonyl (C=O) groups is 1. The Kier molecular flexibility index (Phi) is 4.85. The molecule has 6 heteroatoms. The summed E-state index contributed by atoms with van der Waals surface area (Å²) in [6, 6.07) is 7.65. The molecule has 0 aliphatic carbocycles. The van der Waals surface area contributed by atoms with E-state index >= 15 is 0 Å². The van der Waals surface area contributed by atoms with Crippen molar-refractivity contribution in [2.45, 2.75) is 25.8 Å². The third kappa shape index (κ3) is 3.90. The van der Waals surface area contributed by atoms with Crippen LogP contribution >= 0.6 is 0 Å². The lowest BCUT2D eigenvalue weighted by atomic mass is 10.1. The molecule has 1 fully saturated rings. The fourth-order valence-corrected chi connectivity index (χ4v) is 2.25. The van der Waals surface area contributed by atoms with Gasteiger partial charge < -0.3 is 9.64 Å². The fraction of sp³-hybridized carbons (Fsp3) is 0.500. The maximum absolute atomic E-state index is 12.0. The van der Waals surface area contributed by atoms with Crippen molar-refractivity contribution in [3.8, 4) is 5.75 Å². The Morgan fingerprint density at radius 1 is 1.50 bits per heavy atom. The summed E-state index contributed by atoms with van der Waals surface area (Å²) in [6.07, 6.45) is 1.44. The molecule has 2 rings (SSSR count). The summed E-state index contributed by atoms with van der Waals surface area (Å²) >= 11 is 0. The SMILES string of the molecule is Cc1cccc(OCC(=O)N2CCC(N=[N+]=[N-])CC2)c1. The van der Waals surface area contributed by atoms with E-state index in [0.29, 0.717) is 18.8 Å². The average molecular weight is 274 g/mol. The number of aryl methyl sites for hydroxylation is 1. The first-order valence-corrected chi connectivity index (χ1v) is 6.70. The van der Waals surface area contributed by atoms with E-state index < -0.39 is 0 Å². The standard InChI is InChI=1S/C14H18N4O2/c1-11-3-2-4-13(9-11)20-10-14(19)18-7-5-12(6-8-18)16-17-15/h2-4,9,12H,5-8,10H2,1H3. The highest BCUT2D eigenvalue weighted by atomic mass is 16.5. The number of benzene rings is 1. The van der Waals surface area contributed by atoms with Crippen molar-refractivity contribution >= 4 is 5.91 Å². The number of amides is 1. The molecule has 0 aromatic heterocycles. The highest BCUT2D eigenvalue weighted by Gasteiger charge is 2.22. The number of ether oxygens (including phenoxy) is 1. The van der Waals surface area contributed by atoms with Crippen molar-refractivity contribution in [2.75, 3.05) is 19.7 Å². The van der Waals surface area contributed by atoms with E-state index in [-0.39, 0.29) is 18.6 Å². The van der Waals surface area contributed by atoms with Crippen molar-refractivity contribution in [3.05, 3.63) is 40.3 Å². The molecule has 0 unspecified atom stereocenters. The Bertz CT molecular complexity index is 518. The number of hydrogen-bond donors (Lipinski definition) is 0. The molecule has 1 aromatic carbocycles. The molecular formula is C14H18N4O2. The highest BCUT2D eigenvalue weighted by Crippen LogP contribution is 2.15. The van der Waals surface area contributed by atoms with Crippen LogP contribution in [0.4, 0.5) is 0 Å². The second kappa shape index (κ2) is 6.82. The number of hydrogen-bond acceptors (Lipinski definition) is 3. The Morgan fingerprint density at radius 2 is 2.25 bits per heavy atom. The lowest BCUT2D eigenvalue weighted by molar-refractivity contribution is -0.134. The summed E-state index contributed by atoms with van der Waals surface area (Å²) in [5.74, 6) is 0.688. The Balaban J connectivity index is 1.80. The molecule has 20 heavy (non-hydrogen) atoms. The Labute approximate surface area is 118 Å². The maximum atomic E-state index is 12.0. The molecule has 0 bridgehead atoms. The molecule has 1 heterocycles. The van der Waals surface area contributed by atoms with Gasteiger partial charge in [0.1, 0.15) is 5.75 Å². The van der Waals surface area contributed by atoms with Crippen LogP contribution in [-0.4, -0.2) is 36.5 Å². The number of likely N-dealkylation sites (tertiary alicyclic amines) is 1. The van der Waals surface area contributed by atoms with E-state index in [1.54, 1.807) is 4.90 Å². The third-order valence-corrected chi connectivity index (χ3v) is 3.38. The molecule has 1 aliphatic heterocycles. The molecule has 1 amide bonds. The van der Waals surface area contributed by atoms with E-state index in [4.69, 9.17) is 10.3 Å². The van der Waals surface area contributed by atoms with Crippen LogP contribution in [0.1, 0.15) is 18.4 Å². The van der Waals surface area contributed by atoms with Crippen LogP contribution in [0, 0.1) is 6.92 Å². The summed E-state index contributed by atoms with van der Waals surface area (Å²) in [4.78, 5) is 16.6. The molecule has 0 saturated carbocycles. The number of piperidine rings is 1. The quantitative estimate of drug-likeness (QED) is 0.480. The second-order valence-corrected chi connectivity index (χ2v) is 4.92. The number of carbonyl (C=O) groups excluding carboxylic acids is 1. The monoisotopic (exact) mass is 274 g/mol. The van der Waals surface area contributed by atoms with Gasteiger partial charge >= 0.3 is 0 Å². The predicted molar refractivity (Wildman–Crippen MR) is 75.4 cm³/mol. The summed E-state index contributed by atoms with van der Waals surface area (Å²) in [6.45, 7) is 3.28. The van der Waals surface area contributed by atoms with Gasteiger partial charge in [0.05, 0.1) is 0 Å². The average Bonchev–Trinajstić information content (AvgIpc) is 2.46. The summed E-state index contributed by atoms with van der Waals surface area (Å²) in [5, 5.41) is 3.69. The largest absolute Gasteiger partial charge is 0.484 e. The Morgan fingerprint density at radius 3 is 2.90 bits per heavy atom. The van der Waals surface area contributed by atoms with Gasteiger partial charge in [0.2, 0.25) is 0 Å². The minimum atomic E-state index is -0.0223. The normalized spacial score (nSPS) is 15.6. The van der Waals surface area contributed by atoms with Crippen LogP contribution in [0.15, 0.2) is 29.4 Å². The number of azide groups is 1. The molecular weight excluding hydrogens is 256 g/mol. The smallest absolute Gasteiger partial charge is 0.260 e. The van der Waals surface area contributed by atoms with E-state index in [1.807, 2.05) is 31.2 Å². The second-order valence-electron chi connectivity index (χ2n) is 4.92. The molecule has 0 N–H and O–H groups in total. The first-order chi connectivity index (χ1) is 9.69. The van der Waals surface area contributed by atoms with Gasteiger partial charge in [0.25, 0.3) is 5.91 Å². The van der Waals surface area contributed by atoms with Crippen molar-refractivity contribution in [1.82, 2.24) is 4.90 Å². The van der Waals surface area contributed by atoms with Gasteiger partial charge in [-0.15, -0.1) is 0 Å². The lowest BCUT2D eigenvalue weighted by Gasteiger charge is -2.29. The molecule has 1 aliphatic rings. The first kappa shape index (κ1) is 14.2. The van der Waals surface area contributed by atoms with Crippen LogP contribution in [0.2, 0.25) is 0 Å². The summed E-state index contributed by atoms with van der Waals surface area (Å²) in [7, 11) is 0. The molecule has 0 spiro atoms. The molecule has 0 radical (unpaired) electrons. The van der Waals surface area contributed by atoms with Crippen LogP contribution in [0.25, 0.3) is 10.4 Å².